The number of benzene rings is 3. The van der Waals surface area contributed by atoms with Crippen molar-refractivity contribution in [2.45, 2.75) is 102 Å². The molecule has 0 spiro atoms. The van der Waals surface area contributed by atoms with Crippen molar-refractivity contribution >= 4 is 63.4 Å². The number of rotatable bonds is 11. The normalized spacial score (nSPS) is 21.1. The number of H-pyrrole nitrogens is 2. The number of carbonyl (C=O) groups is 4. The number of halogens is 2. The van der Waals surface area contributed by atoms with E-state index in [0.717, 1.165) is 71.7 Å². The molecule has 1 unspecified atom stereocenters. The quantitative estimate of drug-likeness (QED) is 0.101. The van der Waals surface area contributed by atoms with Gasteiger partial charge < -0.3 is 44.8 Å². The van der Waals surface area contributed by atoms with E-state index in [0.29, 0.717) is 30.4 Å². The molecule has 0 radical (unpaired) electrons. The van der Waals surface area contributed by atoms with Gasteiger partial charge in [0.15, 0.2) is 0 Å². The summed E-state index contributed by atoms with van der Waals surface area (Å²) < 4.78 is 24.8. The lowest BCUT2D eigenvalue weighted by molar-refractivity contribution is -0.136. The maximum absolute atomic E-state index is 15.2. The number of ether oxygens (including phenoxy) is 2. The largest absolute Gasteiger partial charge is 0.453 e. The fourth-order valence-corrected chi connectivity index (χ4v) is 9.79. The molecule has 3 saturated heterocycles. The average Bonchev–Trinajstić information content (AvgIpc) is 4.12. The molecule has 5 aromatic rings. The molecular weight excluding hydrogens is 829 g/mol. The molecule has 4 N–H and O–H groups in total. The van der Waals surface area contributed by atoms with Gasteiger partial charge in [-0.15, -0.1) is 0 Å². The zero-order chi connectivity index (χ0) is 44.7. The van der Waals surface area contributed by atoms with Crippen molar-refractivity contribution in [1.29, 1.82) is 0 Å². The van der Waals surface area contributed by atoms with Crippen molar-refractivity contribution in [2.75, 3.05) is 32.2 Å². The van der Waals surface area contributed by atoms with Crippen molar-refractivity contribution in [2.24, 2.45) is 11.8 Å². The minimum atomic E-state index is -0.738. The van der Waals surface area contributed by atoms with Crippen LogP contribution in [0.1, 0.15) is 113 Å². The number of nitrogens with zero attached hydrogens (tertiary/aromatic N) is 5. The van der Waals surface area contributed by atoms with Gasteiger partial charge in [-0.3, -0.25) is 9.59 Å². The van der Waals surface area contributed by atoms with Crippen LogP contribution in [0.25, 0.3) is 22.1 Å². The molecule has 2 aromatic heterocycles. The first-order chi connectivity index (χ1) is 30.3. The van der Waals surface area contributed by atoms with E-state index in [1.807, 2.05) is 45.9 Å². The summed E-state index contributed by atoms with van der Waals surface area (Å²) in [5.41, 5.74) is 5.89. The van der Waals surface area contributed by atoms with E-state index in [9.17, 15) is 19.2 Å². The highest BCUT2D eigenvalue weighted by atomic mass is 35.5. The summed E-state index contributed by atoms with van der Waals surface area (Å²) in [6.07, 6.45) is 3.30. The molecule has 8 rings (SSSR count). The number of methoxy groups -OCH3 is 2. The van der Waals surface area contributed by atoms with Crippen LogP contribution in [-0.2, 0) is 19.1 Å². The molecule has 17 heteroatoms. The van der Waals surface area contributed by atoms with E-state index >= 15 is 4.39 Å². The minimum absolute atomic E-state index is 0.0439. The fraction of sp³-hybridized carbons (Fsp3) is 0.478. The number of carbonyl (C=O) groups excluding carboxylic acids is 4. The summed E-state index contributed by atoms with van der Waals surface area (Å²) >= 11 is 6.21. The molecular formula is C46H55ClFN9O6. The van der Waals surface area contributed by atoms with Crippen molar-refractivity contribution < 1.29 is 33.0 Å². The molecule has 4 amide bonds. The van der Waals surface area contributed by atoms with Crippen LogP contribution < -0.4 is 15.5 Å². The van der Waals surface area contributed by atoms with Gasteiger partial charge in [-0.2, -0.15) is 0 Å². The van der Waals surface area contributed by atoms with E-state index < -0.39 is 30.1 Å². The summed E-state index contributed by atoms with van der Waals surface area (Å²) in [7, 11) is 2.56. The van der Waals surface area contributed by atoms with Crippen molar-refractivity contribution in [3.05, 3.63) is 88.2 Å². The van der Waals surface area contributed by atoms with Gasteiger partial charge in [0, 0.05) is 18.8 Å². The lowest BCUT2D eigenvalue weighted by atomic mass is 10.0. The second-order valence-electron chi connectivity index (χ2n) is 17.5. The molecule has 0 bridgehead atoms. The van der Waals surface area contributed by atoms with Gasteiger partial charge in [0.25, 0.3) is 0 Å². The number of anilines is 1. The number of hydrogen-bond donors (Lipinski definition) is 4. The summed E-state index contributed by atoms with van der Waals surface area (Å²) in [5, 5.41) is 5.46. The molecule has 3 aromatic carbocycles. The van der Waals surface area contributed by atoms with Gasteiger partial charge >= 0.3 is 12.2 Å². The number of fused-ring (bicyclic) bond motifs is 2. The first kappa shape index (κ1) is 43.7. The number of nitrogens with one attached hydrogen (secondary N) is 4. The molecule has 334 valence electrons. The zero-order valence-electron chi connectivity index (χ0n) is 36.4. The second-order valence-corrected chi connectivity index (χ2v) is 17.9. The number of amides is 4. The van der Waals surface area contributed by atoms with E-state index in [4.69, 9.17) is 31.0 Å². The Bertz CT molecular complexity index is 2380. The molecule has 6 atom stereocenters. The Morgan fingerprint density at radius 3 is 1.56 bits per heavy atom. The Hall–Kier alpha value is -5.90. The number of aromatic amines is 2. The van der Waals surface area contributed by atoms with Crippen LogP contribution in [0.5, 0.6) is 0 Å². The number of hydrogen-bond acceptors (Lipinski definition) is 9. The van der Waals surface area contributed by atoms with Gasteiger partial charge in [0.05, 0.1) is 65.5 Å². The Labute approximate surface area is 370 Å². The molecule has 3 aliphatic rings. The van der Waals surface area contributed by atoms with Gasteiger partial charge in [0.1, 0.15) is 29.5 Å². The molecule has 3 aliphatic heterocycles. The highest BCUT2D eigenvalue weighted by molar-refractivity contribution is 6.30. The van der Waals surface area contributed by atoms with Crippen molar-refractivity contribution in [1.82, 2.24) is 40.4 Å². The first-order valence-electron chi connectivity index (χ1n) is 21.8. The number of aromatic nitrogens is 4. The maximum Gasteiger partial charge on any atom is 0.407 e. The van der Waals surface area contributed by atoms with Crippen LogP contribution in [0.15, 0.2) is 54.6 Å². The summed E-state index contributed by atoms with van der Waals surface area (Å²) in [4.78, 5) is 74.7. The van der Waals surface area contributed by atoms with Gasteiger partial charge in [-0.25, -0.2) is 23.9 Å². The standard InChI is InChI=1S/C46H55ClFN9O6/c1-24(2)39(53-45(60)62-5)43(58)55-19-7-9-37(55)41-49-31-15-11-26(21-33(31)51-41)35-17-18-36(57(35)28-13-14-29(47)30(48)23-28)27-12-16-32-34(22-27)52-42(50-32)38-10-8-20-56(38)44(59)40(25(3)4)54-46(61)63-6/h11-16,21-25,35-40H,7-10,17-20H2,1-6H3,(H,49,51)(H,50,52)(H,53,60)(H,54,61)/t35-,36-,37+,38+,39+,40?/m1/s1. The van der Waals surface area contributed by atoms with Crippen LogP contribution >= 0.6 is 11.6 Å². The first-order valence-corrected chi connectivity index (χ1v) is 22.2. The van der Waals surface area contributed by atoms with Crippen molar-refractivity contribution in [3.63, 3.8) is 0 Å². The van der Waals surface area contributed by atoms with Crippen LogP contribution in [0.4, 0.5) is 19.7 Å². The molecule has 0 aliphatic carbocycles. The fourth-order valence-electron chi connectivity index (χ4n) is 9.67. The van der Waals surface area contributed by atoms with E-state index in [1.54, 1.807) is 15.9 Å². The number of imidazole rings is 2. The topological polar surface area (TPSA) is 178 Å². The number of likely N-dealkylation sites (tertiary alicyclic amines) is 2. The van der Waals surface area contributed by atoms with E-state index in [1.165, 1.54) is 20.3 Å². The smallest absolute Gasteiger partial charge is 0.407 e. The third-order valence-electron chi connectivity index (χ3n) is 12.9. The Morgan fingerprint density at radius 1 is 0.683 bits per heavy atom. The van der Waals surface area contributed by atoms with Gasteiger partial charge in [0.2, 0.25) is 11.8 Å². The van der Waals surface area contributed by atoms with Crippen LogP contribution in [0, 0.1) is 17.7 Å². The van der Waals surface area contributed by atoms with Crippen molar-refractivity contribution in [3.8, 4) is 0 Å². The van der Waals surface area contributed by atoms with Gasteiger partial charge in [-0.1, -0.05) is 51.4 Å². The molecule has 0 saturated carbocycles. The highest BCUT2D eigenvalue weighted by Crippen LogP contribution is 2.48. The maximum atomic E-state index is 15.2. The molecule has 5 heterocycles. The molecule has 63 heavy (non-hydrogen) atoms. The Morgan fingerprint density at radius 2 is 1.14 bits per heavy atom. The average molecular weight is 884 g/mol. The monoisotopic (exact) mass is 883 g/mol. The van der Waals surface area contributed by atoms with E-state index in [2.05, 4.69) is 49.8 Å². The molecule has 15 nitrogen and oxygen atoms in total. The second kappa shape index (κ2) is 18.1. The third-order valence-corrected chi connectivity index (χ3v) is 13.2. The zero-order valence-corrected chi connectivity index (χ0v) is 37.2. The lowest BCUT2D eigenvalue weighted by Gasteiger charge is -2.33. The van der Waals surface area contributed by atoms with Gasteiger partial charge in [-0.05, 0) is 104 Å². The Kier molecular flexibility index (Phi) is 12.5. The van der Waals surface area contributed by atoms with E-state index in [-0.39, 0.29) is 52.8 Å². The van der Waals surface area contributed by atoms with Crippen LogP contribution in [0.3, 0.4) is 0 Å². The summed E-state index contributed by atoms with van der Waals surface area (Å²) in [5.74, 6) is 0.214. The Balaban J connectivity index is 1.07. The minimum Gasteiger partial charge on any atom is -0.453 e. The SMILES string of the molecule is COC(=O)NC(C(=O)N1CCC[C@H]1c1nc2cc([C@H]3CC[C@H](c4ccc5[nH]c([C@@H]6CCCN6C(=O)[C@@H](NC(=O)OC)C(C)C)nc5c4)N3c3ccc(Cl)c(F)c3)ccc2[nH]1)C(C)C. The van der Waals surface area contributed by atoms with Crippen LogP contribution in [-0.4, -0.2) is 93.1 Å². The predicted octanol–water partition coefficient (Wildman–Crippen LogP) is 8.40. The van der Waals surface area contributed by atoms with Crippen LogP contribution in [0.2, 0.25) is 5.02 Å². The summed E-state index contributed by atoms with van der Waals surface area (Å²) in [6.45, 7) is 8.65. The highest BCUT2D eigenvalue weighted by Gasteiger charge is 2.40. The molecule has 3 fully saturated rings. The third kappa shape index (κ3) is 8.61. The number of alkyl carbamates (subject to hydrolysis) is 2. The lowest BCUT2D eigenvalue weighted by Crippen LogP contribution is -2.51. The summed E-state index contributed by atoms with van der Waals surface area (Å²) in [6, 6.07) is 14.9. The predicted molar refractivity (Wildman–Crippen MR) is 237 cm³/mol.